The highest BCUT2D eigenvalue weighted by atomic mass is 35.5. The fourth-order valence-electron chi connectivity index (χ4n) is 2.41. The zero-order valence-electron chi connectivity index (χ0n) is 11.0. The average Bonchev–Trinajstić information content (AvgIpc) is 2.91. The Morgan fingerprint density at radius 3 is 3.05 bits per heavy atom. The van der Waals surface area contributed by atoms with Gasteiger partial charge in [0.25, 0.3) is 5.89 Å². The van der Waals surface area contributed by atoms with E-state index in [-0.39, 0.29) is 18.4 Å². The quantitative estimate of drug-likeness (QED) is 0.920. The van der Waals surface area contributed by atoms with Crippen LogP contribution in [0.3, 0.4) is 0 Å². The highest BCUT2D eigenvalue weighted by Crippen LogP contribution is 2.23. The highest BCUT2D eigenvalue weighted by molar-refractivity contribution is 5.85. The zero-order valence-corrected chi connectivity index (χ0v) is 11.8. The van der Waals surface area contributed by atoms with Crippen molar-refractivity contribution < 1.29 is 4.52 Å². The summed E-state index contributed by atoms with van der Waals surface area (Å²) >= 11 is 0. The molecule has 0 aromatic carbocycles. The Bertz CT molecular complexity index is 514. The molecule has 0 bridgehead atoms. The van der Waals surface area contributed by atoms with Crippen molar-refractivity contribution in [3.63, 3.8) is 0 Å². The number of rotatable bonds is 2. The van der Waals surface area contributed by atoms with Gasteiger partial charge in [0.1, 0.15) is 5.69 Å². The van der Waals surface area contributed by atoms with Gasteiger partial charge in [0.05, 0.1) is 6.04 Å². The van der Waals surface area contributed by atoms with Gasteiger partial charge in [-0.15, -0.1) is 12.4 Å². The predicted octanol–water partition coefficient (Wildman–Crippen LogP) is 2.70. The van der Waals surface area contributed by atoms with Crippen molar-refractivity contribution in [2.75, 3.05) is 6.54 Å². The minimum absolute atomic E-state index is 0. The van der Waals surface area contributed by atoms with E-state index in [1.54, 1.807) is 0 Å². The fraction of sp³-hybridized carbons (Fsp3) is 0.538. The maximum absolute atomic E-state index is 5.36. The molecule has 1 aliphatic rings. The Hall–Kier alpha value is -1.33. The topological polar surface area (TPSA) is 55.9 Å². The SMILES string of the molecule is Cl.Cn1cccc1-c1nc(C2CCCCCN2)no1. The van der Waals surface area contributed by atoms with Crippen molar-refractivity contribution >= 4 is 12.4 Å². The molecule has 0 radical (unpaired) electrons. The van der Waals surface area contributed by atoms with E-state index in [0.717, 1.165) is 24.5 Å². The van der Waals surface area contributed by atoms with E-state index in [1.165, 1.54) is 19.3 Å². The molecule has 1 N–H and O–H groups in total. The molecule has 0 amide bonds. The minimum Gasteiger partial charge on any atom is -0.347 e. The first-order valence-electron chi connectivity index (χ1n) is 6.53. The van der Waals surface area contributed by atoms with Crippen LogP contribution in [0.2, 0.25) is 0 Å². The van der Waals surface area contributed by atoms with Crippen molar-refractivity contribution in [3.8, 4) is 11.6 Å². The number of hydrogen-bond acceptors (Lipinski definition) is 4. The van der Waals surface area contributed by atoms with Gasteiger partial charge >= 0.3 is 0 Å². The molecule has 19 heavy (non-hydrogen) atoms. The van der Waals surface area contributed by atoms with Gasteiger partial charge in [0.2, 0.25) is 0 Å². The molecular weight excluding hydrogens is 264 g/mol. The van der Waals surface area contributed by atoms with Gasteiger partial charge < -0.3 is 14.4 Å². The third-order valence-corrected chi connectivity index (χ3v) is 3.48. The summed E-state index contributed by atoms with van der Waals surface area (Å²) in [7, 11) is 1.98. The Balaban J connectivity index is 0.00000133. The van der Waals surface area contributed by atoms with Crippen LogP contribution in [0.5, 0.6) is 0 Å². The van der Waals surface area contributed by atoms with Crippen LogP contribution in [0.15, 0.2) is 22.9 Å². The molecule has 6 heteroatoms. The van der Waals surface area contributed by atoms with Gasteiger partial charge in [-0.25, -0.2) is 0 Å². The second-order valence-electron chi connectivity index (χ2n) is 4.82. The van der Waals surface area contributed by atoms with Crippen LogP contribution in [0, 0.1) is 0 Å². The molecule has 2 aromatic rings. The number of nitrogens with zero attached hydrogens (tertiary/aromatic N) is 3. The molecule has 1 atom stereocenters. The van der Waals surface area contributed by atoms with E-state index in [9.17, 15) is 0 Å². The summed E-state index contributed by atoms with van der Waals surface area (Å²) in [4.78, 5) is 4.52. The van der Waals surface area contributed by atoms with E-state index in [1.807, 2.05) is 29.9 Å². The lowest BCUT2D eigenvalue weighted by Gasteiger charge is -2.09. The molecule has 5 nitrogen and oxygen atoms in total. The lowest BCUT2D eigenvalue weighted by Crippen LogP contribution is -2.21. The summed E-state index contributed by atoms with van der Waals surface area (Å²) in [6.07, 6.45) is 6.81. The Morgan fingerprint density at radius 1 is 1.37 bits per heavy atom. The molecule has 1 unspecified atom stereocenters. The van der Waals surface area contributed by atoms with Crippen molar-refractivity contribution in [2.45, 2.75) is 31.7 Å². The van der Waals surface area contributed by atoms with E-state index in [0.29, 0.717) is 5.89 Å². The fourth-order valence-corrected chi connectivity index (χ4v) is 2.41. The number of aryl methyl sites for hydroxylation is 1. The number of halogens is 1. The molecule has 0 saturated carbocycles. The average molecular weight is 283 g/mol. The maximum atomic E-state index is 5.36. The van der Waals surface area contributed by atoms with Crippen molar-refractivity contribution in [2.24, 2.45) is 7.05 Å². The van der Waals surface area contributed by atoms with E-state index >= 15 is 0 Å². The Morgan fingerprint density at radius 2 is 2.26 bits per heavy atom. The Labute approximate surface area is 118 Å². The maximum Gasteiger partial charge on any atom is 0.274 e. The first-order chi connectivity index (χ1) is 8.84. The van der Waals surface area contributed by atoms with E-state index in [4.69, 9.17) is 4.52 Å². The second kappa shape index (κ2) is 6.21. The molecule has 104 valence electrons. The molecular formula is C13H19ClN4O. The summed E-state index contributed by atoms with van der Waals surface area (Å²) < 4.78 is 7.35. The van der Waals surface area contributed by atoms with Gasteiger partial charge in [-0.1, -0.05) is 18.0 Å². The van der Waals surface area contributed by atoms with Crippen molar-refractivity contribution in [1.82, 2.24) is 20.0 Å². The van der Waals surface area contributed by atoms with Crippen LogP contribution in [0.25, 0.3) is 11.6 Å². The number of hydrogen-bond donors (Lipinski definition) is 1. The van der Waals surface area contributed by atoms with Gasteiger partial charge in [-0.2, -0.15) is 4.98 Å². The largest absolute Gasteiger partial charge is 0.347 e. The van der Waals surface area contributed by atoms with Gasteiger partial charge in [0.15, 0.2) is 5.82 Å². The number of aromatic nitrogens is 3. The van der Waals surface area contributed by atoms with Crippen LogP contribution >= 0.6 is 12.4 Å². The molecule has 3 rings (SSSR count). The lowest BCUT2D eigenvalue weighted by molar-refractivity contribution is 0.401. The third-order valence-electron chi connectivity index (χ3n) is 3.48. The first-order valence-corrected chi connectivity index (χ1v) is 6.53. The highest BCUT2D eigenvalue weighted by Gasteiger charge is 2.20. The van der Waals surface area contributed by atoms with Crippen LogP contribution in [0.4, 0.5) is 0 Å². The summed E-state index contributed by atoms with van der Waals surface area (Å²) in [6, 6.07) is 4.20. The van der Waals surface area contributed by atoms with Crippen LogP contribution in [0.1, 0.15) is 37.5 Å². The van der Waals surface area contributed by atoms with Crippen LogP contribution in [-0.2, 0) is 7.05 Å². The molecule has 2 aromatic heterocycles. The van der Waals surface area contributed by atoms with Gasteiger partial charge in [-0.3, -0.25) is 0 Å². The zero-order chi connectivity index (χ0) is 12.4. The smallest absolute Gasteiger partial charge is 0.274 e. The summed E-state index contributed by atoms with van der Waals surface area (Å²) in [5.74, 6) is 1.39. The third kappa shape index (κ3) is 2.98. The van der Waals surface area contributed by atoms with Crippen molar-refractivity contribution in [1.29, 1.82) is 0 Å². The summed E-state index contributed by atoms with van der Waals surface area (Å²) in [5.41, 5.74) is 0.961. The van der Waals surface area contributed by atoms with Crippen LogP contribution < -0.4 is 5.32 Å². The molecule has 3 heterocycles. The molecule has 0 aliphatic carbocycles. The Kier molecular flexibility index (Phi) is 4.61. The van der Waals surface area contributed by atoms with E-state index in [2.05, 4.69) is 15.5 Å². The normalized spacial score (nSPS) is 19.7. The molecule has 1 aliphatic heterocycles. The lowest BCUT2D eigenvalue weighted by atomic mass is 10.1. The van der Waals surface area contributed by atoms with Crippen molar-refractivity contribution in [3.05, 3.63) is 24.2 Å². The molecule has 1 fully saturated rings. The first kappa shape index (κ1) is 14.1. The minimum atomic E-state index is 0. The molecule has 1 saturated heterocycles. The summed E-state index contributed by atoms with van der Waals surface area (Å²) in [6.45, 7) is 1.04. The predicted molar refractivity (Wildman–Crippen MR) is 75.2 cm³/mol. The summed E-state index contributed by atoms with van der Waals surface area (Å²) in [5, 5.41) is 7.60. The van der Waals surface area contributed by atoms with E-state index < -0.39 is 0 Å². The van der Waals surface area contributed by atoms with Gasteiger partial charge in [0, 0.05) is 13.2 Å². The number of nitrogens with one attached hydrogen (secondary N) is 1. The monoisotopic (exact) mass is 282 g/mol. The van der Waals surface area contributed by atoms with Crippen LogP contribution in [-0.4, -0.2) is 21.3 Å². The second-order valence-corrected chi connectivity index (χ2v) is 4.82. The van der Waals surface area contributed by atoms with Gasteiger partial charge in [-0.05, 0) is 31.5 Å². The standard InChI is InChI=1S/C13H18N4O.ClH/c1-17-9-5-7-11(17)13-15-12(16-18-13)10-6-3-2-4-8-14-10;/h5,7,9-10,14H,2-4,6,8H2,1H3;1H. The molecule has 0 spiro atoms.